The number of thioether (sulfide) groups is 2. The Kier molecular flexibility index (Phi) is 6.53. The van der Waals surface area contributed by atoms with Gasteiger partial charge in [-0.2, -0.15) is 11.8 Å². The largest absolute Gasteiger partial charge is 0.497 e. The smallest absolute Gasteiger partial charge is 0.294 e. The first-order valence-corrected chi connectivity index (χ1v) is 10.4. The van der Waals surface area contributed by atoms with E-state index in [4.69, 9.17) is 9.47 Å². The number of ether oxygens (including phenoxy) is 2. The third-order valence-electron chi connectivity index (χ3n) is 4.30. The molecule has 28 heavy (non-hydrogen) atoms. The van der Waals surface area contributed by atoms with Gasteiger partial charge < -0.3 is 19.9 Å². The van der Waals surface area contributed by atoms with E-state index in [1.165, 1.54) is 26.0 Å². The highest BCUT2D eigenvalue weighted by Gasteiger charge is 2.37. The molecule has 2 aliphatic heterocycles. The number of hydrogen-bond donors (Lipinski definition) is 2. The summed E-state index contributed by atoms with van der Waals surface area (Å²) in [7, 11) is 3.03. The van der Waals surface area contributed by atoms with Crippen molar-refractivity contribution in [3.63, 3.8) is 0 Å². The molecule has 0 saturated carbocycles. The summed E-state index contributed by atoms with van der Waals surface area (Å²) in [5, 5.41) is 11.9. The molecule has 10 heteroatoms. The lowest BCUT2D eigenvalue weighted by atomic mass is 10.1. The fraction of sp³-hybridized carbons (Fsp3) is 0.389. The average molecular weight is 425 g/mol. The van der Waals surface area contributed by atoms with Crippen LogP contribution in [0.2, 0.25) is 0 Å². The van der Waals surface area contributed by atoms with Gasteiger partial charge in [-0.05, 0) is 36.0 Å². The maximum Gasteiger partial charge on any atom is 0.294 e. The number of methoxy groups -OCH3 is 2. The number of carbonyl (C=O) groups is 3. The lowest BCUT2D eigenvalue weighted by Crippen LogP contribution is -2.47. The second-order valence-corrected chi connectivity index (χ2v) is 8.22. The van der Waals surface area contributed by atoms with Crippen molar-refractivity contribution in [3.8, 4) is 11.5 Å². The van der Waals surface area contributed by atoms with Gasteiger partial charge >= 0.3 is 0 Å². The van der Waals surface area contributed by atoms with Crippen LogP contribution in [0, 0.1) is 0 Å². The molecule has 2 N–H and O–H groups in total. The standard InChI is InChI=1S/C18H20N2O6S2/c1-25-11-3-4-14(26-2)10(5-11)6-15-17(23)20(18(24)28-15)7-16(22)19-12-8-27-9-13(12)21/h3-6,12-13,21H,7-9H2,1-2H3,(H,19,22)/b15-6-/t12-,13-/m0/s1. The molecule has 0 aromatic heterocycles. The maximum atomic E-state index is 12.6. The van der Waals surface area contributed by atoms with Crippen LogP contribution in [0.1, 0.15) is 5.56 Å². The van der Waals surface area contributed by atoms with Crippen molar-refractivity contribution in [2.75, 3.05) is 32.3 Å². The van der Waals surface area contributed by atoms with Gasteiger partial charge in [-0.15, -0.1) is 0 Å². The van der Waals surface area contributed by atoms with Gasteiger partial charge in [0.15, 0.2) is 0 Å². The predicted octanol–water partition coefficient (Wildman–Crippen LogP) is 1.33. The molecular weight excluding hydrogens is 404 g/mol. The van der Waals surface area contributed by atoms with Crippen molar-refractivity contribution in [1.82, 2.24) is 10.2 Å². The molecule has 1 aromatic carbocycles. The molecule has 3 amide bonds. The summed E-state index contributed by atoms with van der Waals surface area (Å²) in [5.74, 6) is 1.24. The zero-order valence-electron chi connectivity index (χ0n) is 15.3. The zero-order chi connectivity index (χ0) is 20.3. The third-order valence-corrected chi connectivity index (χ3v) is 6.38. The summed E-state index contributed by atoms with van der Waals surface area (Å²) < 4.78 is 10.5. The third kappa shape index (κ3) is 4.45. The van der Waals surface area contributed by atoms with Gasteiger partial charge in [0.2, 0.25) is 5.91 Å². The number of benzene rings is 1. The first kappa shape index (κ1) is 20.6. The van der Waals surface area contributed by atoms with Gasteiger partial charge in [-0.3, -0.25) is 19.3 Å². The van der Waals surface area contributed by atoms with Crippen LogP contribution in [0.4, 0.5) is 4.79 Å². The van der Waals surface area contributed by atoms with Crippen molar-refractivity contribution >= 4 is 46.7 Å². The molecule has 150 valence electrons. The van der Waals surface area contributed by atoms with Crippen LogP contribution in [0.3, 0.4) is 0 Å². The molecular formula is C18H20N2O6S2. The van der Waals surface area contributed by atoms with Crippen LogP contribution in [-0.4, -0.2) is 71.5 Å². The average Bonchev–Trinajstić information content (AvgIpc) is 3.19. The summed E-state index contributed by atoms with van der Waals surface area (Å²) >= 11 is 2.30. The molecule has 2 fully saturated rings. The first-order chi connectivity index (χ1) is 13.4. The van der Waals surface area contributed by atoms with E-state index in [-0.39, 0.29) is 17.5 Å². The fourth-order valence-corrected chi connectivity index (χ4v) is 4.81. The van der Waals surface area contributed by atoms with Crippen LogP contribution < -0.4 is 14.8 Å². The van der Waals surface area contributed by atoms with E-state index in [0.29, 0.717) is 28.6 Å². The fourth-order valence-electron chi connectivity index (χ4n) is 2.81. The van der Waals surface area contributed by atoms with Crippen molar-refractivity contribution in [3.05, 3.63) is 28.7 Å². The molecule has 2 heterocycles. The highest BCUT2D eigenvalue weighted by molar-refractivity contribution is 8.18. The van der Waals surface area contributed by atoms with Crippen LogP contribution in [0.5, 0.6) is 11.5 Å². The molecule has 0 aliphatic carbocycles. The second-order valence-electron chi connectivity index (χ2n) is 6.15. The lowest BCUT2D eigenvalue weighted by molar-refractivity contribution is -0.129. The van der Waals surface area contributed by atoms with Crippen molar-refractivity contribution in [1.29, 1.82) is 0 Å². The lowest BCUT2D eigenvalue weighted by Gasteiger charge is -2.18. The van der Waals surface area contributed by atoms with Gasteiger partial charge in [0.05, 0.1) is 31.3 Å². The molecule has 3 rings (SSSR count). The Balaban J connectivity index is 1.73. The Hall–Kier alpha value is -2.17. The number of hydrogen-bond acceptors (Lipinski definition) is 8. The molecule has 1 aromatic rings. The summed E-state index contributed by atoms with van der Waals surface area (Å²) in [5.41, 5.74) is 0.586. The number of aliphatic hydroxyl groups is 1. The van der Waals surface area contributed by atoms with E-state index in [1.54, 1.807) is 24.3 Å². The zero-order valence-corrected chi connectivity index (χ0v) is 17.0. The number of imide groups is 1. The van der Waals surface area contributed by atoms with Crippen LogP contribution >= 0.6 is 23.5 Å². The molecule has 0 unspecified atom stereocenters. The van der Waals surface area contributed by atoms with E-state index in [0.717, 1.165) is 16.7 Å². The SMILES string of the molecule is COc1ccc(OC)c(/C=C2\SC(=O)N(CC(=O)N[C@H]3CSC[C@@H]3O)C2=O)c1. The molecule has 2 aliphatic rings. The Morgan fingerprint density at radius 1 is 1.32 bits per heavy atom. The van der Waals surface area contributed by atoms with E-state index < -0.39 is 23.2 Å². The Morgan fingerprint density at radius 3 is 2.75 bits per heavy atom. The highest BCUT2D eigenvalue weighted by atomic mass is 32.2. The van der Waals surface area contributed by atoms with Gasteiger partial charge in [-0.1, -0.05) is 0 Å². The summed E-state index contributed by atoms with van der Waals surface area (Å²) in [4.78, 5) is 38.1. The summed E-state index contributed by atoms with van der Waals surface area (Å²) in [6.45, 7) is -0.384. The monoisotopic (exact) mass is 424 g/mol. The van der Waals surface area contributed by atoms with Gasteiger partial charge in [-0.25, -0.2) is 0 Å². The topological polar surface area (TPSA) is 105 Å². The van der Waals surface area contributed by atoms with E-state index in [9.17, 15) is 19.5 Å². The highest BCUT2D eigenvalue weighted by Crippen LogP contribution is 2.35. The van der Waals surface area contributed by atoms with Crippen molar-refractivity contribution in [2.45, 2.75) is 12.1 Å². The molecule has 2 atom stereocenters. The van der Waals surface area contributed by atoms with Crippen LogP contribution in [0.25, 0.3) is 6.08 Å². The second kappa shape index (κ2) is 8.89. The predicted molar refractivity (Wildman–Crippen MR) is 107 cm³/mol. The number of carbonyl (C=O) groups excluding carboxylic acids is 3. The van der Waals surface area contributed by atoms with Crippen molar-refractivity contribution < 1.29 is 29.0 Å². The number of aliphatic hydroxyl groups excluding tert-OH is 1. The quantitative estimate of drug-likeness (QED) is 0.659. The molecule has 2 saturated heterocycles. The first-order valence-electron chi connectivity index (χ1n) is 8.45. The minimum atomic E-state index is -0.621. The Morgan fingerprint density at radius 2 is 2.11 bits per heavy atom. The Labute approximate surface area is 170 Å². The molecule has 8 nitrogen and oxygen atoms in total. The molecule has 0 radical (unpaired) electrons. The summed E-state index contributed by atoms with van der Waals surface area (Å²) in [6, 6.07) is 4.75. The number of nitrogens with zero attached hydrogens (tertiary/aromatic N) is 1. The van der Waals surface area contributed by atoms with Gasteiger partial charge in [0, 0.05) is 17.1 Å². The minimum Gasteiger partial charge on any atom is -0.497 e. The van der Waals surface area contributed by atoms with Crippen LogP contribution in [0.15, 0.2) is 23.1 Å². The normalized spacial score (nSPS) is 23.4. The van der Waals surface area contributed by atoms with Gasteiger partial charge in [0.1, 0.15) is 18.0 Å². The van der Waals surface area contributed by atoms with E-state index in [1.807, 2.05) is 0 Å². The van der Waals surface area contributed by atoms with E-state index in [2.05, 4.69) is 5.32 Å². The maximum absolute atomic E-state index is 12.6. The minimum absolute atomic E-state index is 0.195. The number of amides is 3. The van der Waals surface area contributed by atoms with Crippen molar-refractivity contribution in [2.24, 2.45) is 0 Å². The van der Waals surface area contributed by atoms with Crippen LogP contribution in [-0.2, 0) is 9.59 Å². The molecule has 0 bridgehead atoms. The number of nitrogens with one attached hydrogen (secondary N) is 1. The summed E-state index contributed by atoms with van der Waals surface area (Å²) in [6.07, 6.45) is 0.922. The molecule has 0 spiro atoms. The Bertz CT molecular complexity index is 828. The van der Waals surface area contributed by atoms with E-state index >= 15 is 0 Å². The number of rotatable bonds is 6. The van der Waals surface area contributed by atoms with Gasteiger partial charge in [0.25, 0.3) is 11.1 Å².